The standard InChI is InChI=1S/C15H17NO3S/c1-11-6-7-12(2)13(8-11)10-16-14-4-3-5-15(9-14)20(17,18)19/h3-9,16H,10H2,1-2H3,(H,17,18,19). The van der Waals surface area contributed by atoms with Crippen molar-refractivity contribution in [1.82, 2.24) is 0 Å². The molecule has 2 N–H and O–H groups in total. The quantitative estimate of drug-likeness (QED) is 0.849. The van der Waals surface area contributed by atoms with Gasteiger partial charge in [0.1, 0.15) is 0 Å². The zero-order chi connectivity index (χ0) is 14.8. The lowest BCUT2D eigenvalue weighted by Gasteiger charge is -2.10. The second-order valence-corrected chi connectivity index (χ2v) is 6.21. The summed E-state index contributed by atoms with van der Waals surface area (Å²) in [7, 11) is -4.16. The predicted molar refractivity (Wildman–Crippen MR) is 79.5 cm³/mol. The van der Waals surface area contributed by atoms with Crippen molar-refractivity contribution in [3.63, 3.8) is 0 Å². The second kappa shape index (κ2) is 5.64. The molecule has 0 aliphatic carbocycles. The van der Waals surface area contributed by atoms with Gasteiger partial charge >= 0.3 is 0 Å². The normalized spacial score (nSPS) is 11.3. The summed E-state index contributed by atoms with van der Waals surface area (Å²) < 4.78 is 31.2. The molecule has 2 aromatic carbocycles. The van der Waals surface area contributed by atoms with Crippen molar-refractivity contribution in [2.24, 2.45) is 0 Å². The third kappa shape index (κ3) is 3.59. The second-order valence-electron chi connectivity index (χ2n) is 4.79. The molecule has 0 heterocycles. The highest BCUT2D eigenvalue weighted by atomic mass is 32.2. The summed E-state index contributed by atoms with van der Waals surface area (Å²) in [6, 6.07) is 12.3. The third-order valence-electron chi connectivity index (χ3n) is 3.12. The van der Waals surface area contributed by atoms with Crippen molar-refractivity contribution < 1.29 is 13.0 Å². The molecule has 0 amide bonds. The van der Waals surface area contributed by atoms with Gasteiger partial charge in [-0.15, -0.1) is 0 Å². The van der Waals surface area contributed by atoms with Crippen LogP contribution in [0.5, 0.6) is 0 Å². The molecule has 0 aliphatic heterocycles. The maximum absolute atomic E-state index is 11.1. The highest BCUT2D eigenvalue weighted by Crippen LogP contribution is 2.17. The highest BCUT2D eigenvalue weighted by Gasteiger charge is 2.09. The largest absolute Gasteiger partial charge is 0.381 e. The lowest BCUT2D eigenvalue weighted by atomic mass is 10.1. The molecule has 0 aliphatic rings. The molecular formula is C15H17NO3S. The van der Waals surface area contributed by atoms with Crippen molar-refractivity contribution in [1.29, 1.82) is 0 Å². The first-order valence-corrected chi connectivity index (χ1v) is 7.68. The Hall–Kier alpha value is -1.85. The van der Waals surface area contributed by atoms with Crippen LogP contribution in [0, 0.1) is 13.8 Å². The smallest absolute Gasteiger partial charge is 0.294 e. The van der Waals surface area contributed by atoms with Crippen molar-refractivity contribution in [3.05, 3.63) is 59.2 Å². The lowest BCUT2D eigenvalue weighted by Crippen LogP contribution is -2.03. The summed E-state index contributed by atoms with van der Waals surface area (Å²) in [4.78, 5) is -0.108. The zero-order valence-electron chi connectivity index (χ0n) is 11.4. The van der Waals surface area contributed by atoms with Crippen LogP contribution in [0.15, 0.2) is 47.4 Å². The average molecular weight is 291 g/mol. The molecule has 0 radical (unpaired) electrons. The molecule has 4 nitrogen and oxygen atoms in total. The van der Waals surface area contributed by atoms with Crippen LogP contribution >= 0.6 is 0 Å². The molecule has 0 atom stereocenters. The molecule has 5 heteroatoms. The Balaban J connectivity index is 2.17. The number of benzene rings is 2. The van der Waals surface area contributed by atoms with Gasteiger partial charge in [-0.1, -0.05) is 29.8 Å². The molecule has 0 aromatic heterocycles. The third-order valence-corrected chi connectivity index (χ3v) is 3.97. The average Bonchev–Trinajstić information content (AvgIpc) is 2.39. The Morgan fingerprint density at radius 1 is 1.10 bits per heavy atom. The molecule has 0 spiro atoms. The van der Waals surface area contributed by atoms with Crippen molar-refractivity contribution in [2.45, 2.75) is 25.3 Å². The van der Waals surface area contributed by atoms with E-state index in [-0.39, 0.29) is 4.90 Å². The minimum absolute atomic E-state index is 0.108. The molecule has 0 saturated carbocycles. The number of hydrogen-bond donors (Lipinski definition) is 2. The molecule has 20 heavy (non-hydrogen) atoms. The summed E-state index contributed by atoms with van der Waals surface area (Å²) in [6.45, 7) is 4.66. The van der Waals surface area contributed by atoms with Gasteiger partial charge in [-0.2, -0.15) is 8.42 Å². The van der Waals surface area contributed by atoms with E-state index in [4.69, 9.17) is 4.55 Å². The maximum Gasteiger partial charge on any atom is 0.294 e. The molecule has 2 rings (SSSR count). The summed E-state index contributed by atoms with van der Waals surface area (Å²) in [5, 5.41) is 3.17. The van der Waals surface area contributed by atoms with Gasteiger partial charge in [0.2, 0.25) is 0 Å². The van der Waals surface area contributed by atoms with E-state index >= 15 is 0 Å². The van der Waals surface area contributed by atoms with Crippen LogP contribution in [0.2, 0.25) is 0 Å². The number of hydrogen-bond acceptors (Lipinski definition) is 3. The summed E-state index contributed by atoms with van der Waals surface area (Å²) in [5.41, 5.74) is 4.16. The lowest BCUT2D eigenvalue weighted by molar-refractivity contribution is 0.483. The van der Waals surface area contributed by atoms with Gasteiger partial charge in [-0.05, 0) is 43.2 Å². The Morgan fingerprint density at radius 2 is 1.85 bits per heavy atom. The minimum atomic E-state index is -4.16. The number of rotatable bonds is 4. The summed E-state index contributed by atoms with van der Waals surface area (Å²) in [5.74, 6) is 0. The van der Waals surface area contributed by atoms with Gasteiger partial charge in [-0.3, -0.25) is 4.55 Å². The van der Waals surface area contributed by atoms with E-state index in [9.17, 15) is 8.42 Å². The Bertz CT molecular complexity index is 724. The van der Waals surface area contributed by atoms with Crippen molar-refractivity contribution in [3.8, 4) is 0 Å². The van der Waals surface area contributed by atoms with Crippen LogP contribution in [0.1, 0.15) is 16.7 Å². The number of nitrogens with one attached hydrogen (secondary N) is 1. The number of anilines is 1. The van der Waals surface area contributed by atoms with Crippen LogP contribution in [-0.4, -0.2) is 13.0 Å². The summed E-state index contributed by atoms with van der Waals surface area (Å²) >= 11 is 0. The Kier molecular flexibility index (Phi) is 4.11. The monoisotopic (exact) mass is 291 g/mol. The predicted octanol–water partition coefficient (Wildman–Crippen LogP) is 3.16. The van der Waals surface area contributed by atoms with Crippen LogP contribution in [0.3, 0.4) is 0 Å². The summed E-state index contributed by atoms with van der Waals surface area (Å²) in [6.07, 6.45) is 0. The fraction of sp³-hybridized carbons (Fsp3) is 0.200. The topological polar surface area (TPSA) is 66.4 Å². The first-order valence-electron chi connectivity index (χ1n) is 6.24. The molecule has 2 aromatic rings. The van der Waals surface area contributed by atoms with Gasteiger partial charge < -0.3 is 5.32 Å². The first-order chi connectivity index (χ1) is 9.36. The highest BCUT2D eigenvalue weighted by molar-refractivity contribution is 7.85. The van der Waals surface area contributed by atoms with Crippen LogP contribution < -0.4 is 5.32 Å². The SMILES string of the molecule is Cc1ccc(C)c(CNc2cccc(S(=O)(=O)O)c2)c1. The van der Waals surface area contributed by atoms with E-state index in [0.29, 0.717) is 12.2 Å². The van der Waals surface area contributed by atoms with Crippen LogP contribution in [0.4, 0.5) is 5.69 Å². The van der Waals surface area contributed by atoms with Crippen LogP contribution in [0.25, 0.3) is 0 Å². The van der Waals surface area contributed by atoms with Gasteiger partial charge in [0, 0.05) is 12.2 Å². The fourth-order valence-corrected chi connectivity index (χ4v) is 2.48. The molecule has 0 bridgehead atoms. The molecule has 106 valence electrons. The Labute approximate surface area is 119 Å². The van der Waals surface area contributed by atoms with E-state index < -0.39 is 10.1 Å². The zero-order valence-corrected chi connectivity index (χ0v) is 12.2. The van der Waals surface area contributed by atoms with E-state index in [2.05, 4.69) is 23.5 Å². The molecule has 0 unspecified atom stereocenters. The van der Waals surface area contributed by atoms with Crippen molar-refractivity contribution in [2.75, 3.05) is 5.32 Å². The molecule has 0 fully saturated rings. The van der Waals surface area contributed by atoms with Crippen LogP contribution in [-0.2, 0) is 16.7 Å². The van der Waals surface area contributed by atoms with Gasteiger partial charge in [0.05, 0.1) is 4.90 Å². The minimum Gasteiger partial charge on any atom is -0.381 e. The van der Waals surface area contributed by atoms with Gasteiger partial charge in [0.15, 0.2) is 0 Å². The van der Waals surface area contributed by atoms with E-state index in [1.807, 2.05) is 13.8 Å². The molecule has 0 saturated heterocycles. The number of aryl methyl sites for hydroxylation is 2. The molecular weight excluding hydrogens is 274 g/mol. The van der Waals surface area contributed by atoms with Gasteiger partial charge in [0.25, 0.3) is 10.1 Å². The van der Waals surface area contributed by atoms with E-state index in [0.717, 1.165) is 5.56 Å². The Morgan fingerprint density at radius 3 is 2.55 bits per heavy atom. The van der Waals surface area contributed by atoms with Gasteiger partial charge in [-0.25, -0.2) is 0 Å². The van der Waals surface area contributed by atoms with Crippen molar-refractivity contribution >= 4 is 15.8 Å². The first kappa shape index (κ1) is 14.6. The van der Waals surface area contributed by atoms with E-state index in [1.54, 1.807) is 12.1 Å². The fourth-order valence-electron chi connectivity index (χ4n) is 1.95. The maximum atomic E-state index is 11.1. The van der Waals surface area contributed by atoms with E-state index in [1.165, 1.54) is 23.3 Å².